The first-order valence-electron chi connectivity index (χ1n) is 6.24. The van der Waals surface area contributed by atoms with Crippen LogP contribution in [0.25, 0.3) is 0 Å². The number of halogens is 2. The lowest BCUT2D eigenvalue weighted by Gasteiger charge is -2.13. The summed E-state index contributed by atoms with van der Waals surface area (Å²) in [6.07, 6.45) is 0.419. The molecule has 0 saturated heterocycles. The van der Waals surface area contributed by atoms with Crippen LogP contribution in [0.3, 0.4) is 0 Å². The first-order valence-corrected chi connectivity index (χ1v) is 6.24. The summed E-state index contributed by atoms with van der Waals surface area (Å²) in [5.41, 5.74) is 2.32. The van der Waals surface area contributed by atoms with E-state index < -0.39 is 12.7 Å². The van der Waals surface area contributed by atoms with Gasteiger partial charge in [-0.3, -0.25) is 0 Å². The quantitative estimate of drug-likeness (QED) is 0.621. The Labute approximate surface area is 120 Å². The van der Waals surface area contributed by atoms with Crippen LogP contribution in [0.15, 0.2) is 23.3 Å². The van der Waals surface area contributed by atoms with Crippen molar-refractivity contribution < 1.29 is 27.8 Å². The van der Waals surface area contributed by atoms with Crippen LogP contribution in [0.2, 0.25) is 0 Å². The summed E-state index contributed by atoms with van der Waals surface area (Å²) in [4.78, 5) is 11.0. The molecule has 0 bridgehead atoms. The maximum Gasteiger partial charge on any atom is 0.427 e. The largest absolute Gasteiger partial charge is 0.490 e. The third-order valence-corrected chi connectivity index (χ3v) is 2.15. The maximum atomic E-state index is 12.5. The van der Waals surface area contributed by atoms with Gasteiger partial charge in [0.25, 0.3) is 0 Å². The van der Waals surface area contributed by atoms with E-state index in [0.29, 0.717) is 6.61 Å². The number of hydrogen-bond acceptors (Lipinski definition) is 5. The van der Waals surface area contributed by atoms with Crippen LogP contribution in [0.1, 0.15) is 19.4 Å². The van der Waals surface area contributed by atoms with Gasteiger partial charge in [0, 0.05) is 5.56 Å². The van der Waals surface area contributed by atoms with E-state index in [2.05, 4.69) is 20.0 Å². The number of rotatable bonds is 7. The van der Waals surface area contributed by atoms with Gasteiger partial charge in [-0.05, 0) is 26.0 Å². The van der Waals surface area contributed by atoms with E-state index >= 15 is 0 Å². The molecule has 1 amide bonds. The second-order valence-corrected chi connectivity index (χ2v) is 3.58. The minimum absolute atomic E-state index is 0.149. The van der Waals surface area contributed by atoms with Crippen LogP contribution in [-0.4, -0.2) is 32.1 Å². The summed E-state index contributed by atoms with van der Waals surface area (Å²) in [7, 11) is 0. The average molecular weight is 302 g/mol. The van der Waals surface area contributed by atoms with Crippen LogP contribution < -0.4 is 14.9 Å². The predicted octanol–water partition coefficient (Wildman–Crippen LogP) is 2.77. The van der Waals surface area contributed by atoms with Crippen LogP contribution in [0.5, 0.6) is 11.5 Å². The minimum Gasteiger partial charge on any atom is -0.490 e. The highest BCUT2D eigenvalue weighted by Gasteiger charge is 2.14. The molecule has 1 N–H and O–H groups in total. The monoisotopic (exact) mass is 302 g/mol. The van der Waals surface area contributed by atoms with Gasteiger partial charge in [0.1, 0.15) is 0 Å². The molecule has 8 heteroatoms. The summed E-state index contributed by atoms with van der Waals surface area (Å²) < 4.78 is 39.2. The van der Waals surface area contributed by atoms with E-state index in [1.165, 1.54) is 12.1 Å². The molecule has 1 rings (SSSR count). The zero-order valence-electron chi connectivity index (χ0n) is 11.6. The number of nitrogens with one attached hydrogen (secondary N) is 1. The molecule has 0 spiro atoms. The molecule has 0 radical (unpaired) electrons. The third kappa shape index (κ3) is 5.64. The van der Waals surface area contributed by atoms with Gasteiger partial charge in [-0.1, -0.05) is 6.07 Å². The Kier molecular flexibility index (Phi) is 6.93. The molecule has 0 atom stereocenters. The molecule has 0 fully saturated rings. The number of benzene rings is 1. The van der Waals surface area contributed by atoms with Crippen molar-refractivity contribution in [2.24, 2.45) is 5.10 Å². The first kappa shape index (κ1) is 16.7. The second-order valence-electron chi connectivity index (χ2n) is 3.58. The maximum absolute atomic E-state index is 12.5. The Morgan fingerprint density at radius 1 is 1.38 bits per heavy atom. The van der Waals surface area contributed by atoms with Gasteiger partial charge in [-0.15, -0.1) is 0 Å². The first-order chi connectivity index (χ1) is 10.1. The van der Waals surface area contributed by atoms with Crippen molar-refractivity contribution in [2.45, 2.75) is 20.5 Å². The summed E-state index contributed by atoms with van der Waals surface area (Å²) in [5.74, 6) is 0.0154. The number of ether oxygens (including phenoxy) is 3. The fourth-order valence-corrected chi connectivity index (χ4v) is 1.44. The SMILES string of the molecule is CCOC(=O)N/N=C\c1cccc(OCC)c1OC(F)F. The number of carbonyl (C=O) groups excluding carboxylic acids is 1. The number of carbonyl (C=O) groups is 1. The standard InChI is InChI=1S/C13H16F2N2O4/c1-3-19-10-7-5-6-9(11(10)21-12(14)15)8-16-17-13(18)20-4-2/h5-8,12H,3-4H2,1-2H3,(H,17,18)/b16-8-. The smallest absolute Gasteiger partial charge is 0.427 e. The number of para-hydroxylation sites is 1. The zero-order chi connectivity index (χ0) is 15.7. The molecule has 21 heavy (non-hydrogen) atoms. The number of alkyl halides is 2. The average Bonchev–Trinajstić information content (AvgIpc) is 2.42. The summed E-state index contributed by atoms with van der Waals surface area (Å²) >= 11 is 0. The lowest BCUT2D eigenvalue weighted by Crippen LogP contribution is -2.18. The zero-order valence-corrected chi connectivity index (χ0v) is 11.6. The van der Waals surface area contributed by atoms with Gasteiger partial charge in [0.2, 0.25) is 0 Å². The highest BCUT2D eigenvalue weighted by atomic mass is 19.3. The third-order valence-electron chi connectivity index (χ3n) is 2.15. The van der Waals surface area contributed by atoms with Crippen molar-refractivity contribution in [2.75, 3.05) is 13.2 Å². The molecule has 0 heterocycles. The summed E-state index contributed by atoms with van der Waals surface area (Å²) in [6.45, 7) is 0.845. The molecule has 116 valence electrons. The van der Waals surface area contributed by atoms with Crippen molar-refractivity contribution in [3.8, 4) is 11.5 Å². The molecular formula is C13H16F2N2O4. The van der Waals surface area contributed by atoms with Gasteiger partial charge in [-0.25, -0.2) is 10.2 Å². The van der Waals surface area contributed by atoms with Crippen molar-refractivity contribution in [1.82, 2.24) is 5.43 Å². The molecule has 0 saturated carbocycles. The molecule has 0 aliphatic rings. The van der Waals surface area contributed by atoms with Crippen LogP contribution in [-0.2, 0) is 4.74 Å². The molecular weight excluding hydrogens is 286 g/mol. The van der Waals surface area contributed by atoms with E-state index in [-0.39, 0.29) is 23.7 Å². The number of hydrazone groups is 1. The molecule has 0 aliphatic carbocycles. The van der Waals surface area contributed by atoms with Crippen molar-refractivity contribution in [3.05, 3.63) is 23.8 Å². The van der Waals surface area contributed by atoms with Crippen LogP contribution in [0.4, 0.5) is 13.6 Å². The highest BCUT2D eigenvalue weighted by molar-refractivity contribution is 5.85. The molecule has 0 unspecified atom stereocenters. The fraction of sp³-hybridized carbons (Fsp3) is 0.385. The Bertz CT molecular complexity index is 495. The van der Waals surface area contributed by atoms with Crippen molar-refractivity contribution in [1.29, 1.82) is 0 Å². The fourth-order valence-electron chi connectivity index (χ4n) is 1.44. The minimum atomic E-state index is -3.00. The van der Waals surface area contributed by atoms with Crippen LogP contribution >= 0.6 is 0 Å². The predicted molar refractivity (Wildman–Crippen MR) is 72.0 cm³/mol. The van der Waals surface area contributed by atoms with Gasteiger partial charge < -0.3 is 14.2 Å². The van der Waals surface area contributed by atoms with Crippen LogP contribution in [0, 0.1) is 0 Å². The van der Waals surface area contributed by atoms with E-state index in [1.807, 2.05) is 0 Å². The number of amides is 1. The molecule has 0 aromatic heterocycles. The lowest BCUT2D eigenvalue weighted by molar-refractivity contribution is -0.0515. The summed E-state index contributed by atoms with van der Waals surface area (Å²) in [6, 6.07) is 4.59. The van der Waals surface area contributed by atoms with Gasteiger partial charge in [0.15, 0.2) is 11.5 Å². The van der Waals surface area contributed by atoms with Gasteiger partial charge in [0.05, 0.1) is 19.4 Å². The summed E-state index contributed by atoms with van der Waals surface area (Å²) in [5, 5.41) is 3.60. The topological polar surface area (TPSA) is 69.2 Å². The number of nitrogens with zero attached hydrogens (tertiary/aromatic N) is 1. The molecule has 0 aliphatic heterocycles. The highest BCUT2D eigenvalue weighted by Crippen LogP contribution is 2.31. The van der Waals surface area contributed by atoms with E-state index in [1.54, 1.807) is 19.9 Å². The van der Waals surface area contributed by atoms with E-state index in [4.69, 9.17) is 4.74 Å². The Morgan fingerprint density at radius 3 is 2.76 bits per heavy atom. The number of hydrogen-bond donors (Lipinski definition) is 1. The van der Waals surface area contributed by atoms with Gasteiger partial charge in [-0.2, -0.15) is 13.9 Å². The van der Waals surface area contributed by atoms with Crippen molar-refractivity contribution in [3.63, 3.8) is 0 Å². The Hall–Kier alpha value is -2.38. The molecule has 1 aromatic carbocycles. The van der Waals surface area contributed by atoms with E-state index in [9.17, 15) is 13.6 Å². The molecule has 1 aromatic rings. The normalized spacial score (nSPS) is 10.7. The Morgan fingerprint density at radius 2 is 2.14 bits per heavy atom. The van der Waals surface area contributed by atoms with E-state index in [0.717, 1.165) is 6.21 Å². The lowest BCUT2D eigenvalue weighted by atomic mass is 10.2. The Balaban J connectivity index is 2.91. The van der Waals surface area contributed by atoms with Crippen molar-refractivity contribution >= 4 is 12.3 Å². The second kappa shape index (κ2) is 8.72. The van der Waals surface area contributed by atoms with Gasteiger partial charge >= 0.3 is 12.7 Å². The molecule has 6 nitrogen and oxygen atoms in total.